The lowest BCUT2D eigenvalue weighted by Gasteiger charge is -2.08. The van der Waals surface area contributed by atoms with Crippen LogP contribution in [0.3, 0.4) is 0 Å². The van der Waals surface area contributed by atoms with Crippen LogP contribution in [0, 0.1) is 0 Å². The van der Waals surface area contributed by atoms with Crippen LogP contribution in [0.15, 0.2) is 22.8 Å². The molecule has 0 saturated carbocycles. The van der Waals surface area contributed by atoms with E-state index in [1.165, 1.54) is 0 Å². The molecule has 0 bridgehead atoms. The highest BCUT2D eigenvalue weighted by atomic mass is 79.9. The average Bonchev–Trinajstić information content (AvgIpc) is 2.12. The number of nitrogens with zero attached hydrogens (tertiary/aromatic N) is 1. The molecule has 1 aromatic heterocycles. The Bertz CT molecular complexity index is 279. The second kappa shape index (κ2) is 5.98. The molecular weight excluding hydrogens is 246 g/mol. The van der Waals surface area contributed by atoms with Crippen LogP contribution >= 0.6 is 15.9 Å². The third kappa shape index (κ3) is 4.58. The molecule has 0 aliphatic rings. The molecule has 0 aliphatic heterocycles. The van der Waals surface area contributed by atoms with Crippen LogP contribution in [-0.4, -0.2) is 24.3 Å². The van der Waals surface area contributed by atoms with Gasteiger partial charge in [0, 0.05) is 6.07 Å². The minimum absolute atomic E-state index is 0.245. The SMILES string of the molecule is CC(C)OCCOc1cccc(Br)n1. The highest BCUT2D eigenvalue weighted by molar-refractivity contribution is 9.10. The van der Waals surface area contributed by atoms with Gasteiger partial charge >= 0.3 is 0 Å². The standard InChI is InChI=1S/C10H14BrNO2/c1-8(2)13-6-7-14-10-5-3-4-9(11)12-10/h3-5,8H,6-7H2,1-2H3. The highest BCUT2D eigenvalue weighted by Crippen LogP contribution is 2.11. The van der Waals surface area contributed by atoms with E-state index >= 15 is 0 Å². The third-order valence-electron chi connectivity index (χ3n) is 1.47. The number of pyridine rings is 1. The molecule has 0 saturated heterocycles. The average molecular weight is 260 g/mol. The molecule has 78 valence electrons. The molecule has 0 spiro atoms. The van der Waals surface area contributed by atoms with Crippen molar-refractivity contribution in [3.8, 4) is 5.88 Å². The van der Waals surface area contributed by atoms with Gasteiger partial charge < -0.3 is 9.47 Å². The Balaban J connectivity index is 2.25. The lowest BCUT2D eigenvalue weighted by Crippen LogP contribution is -2.11. The van der Waals surface area contributed by atoms with Crippen molar-refractivity contribution in [2.24, 2.45) is 0 Å². The molecule has 0 atom stereocenters. The third-order valence-corrected chi connectivity index (χ3v) is 1.92. The van der Waals surface area contributed by atoms with E-state index < -0.39 is 0 Å². The van der Waals surface area contributed by atoms with Crippen LogP contribution in [0.1, 0.15) is 13.8 Å². The Morgan fingerprint density at radius 3 is 2.79 bits per heavy atom. The quantitative estimate of drug-likeness (QED) is 0.602. The van der Waals surface area contributed by atoms with Crippen LogP contribution in [0.2, 0.25) is 0 Å². The second-order valence-electron chi connectivity index (χ2n) is 3.07. The molecule has 0 amide bonds. The normalized spacial score (nSPS) is 10.6. The lowest BCUT2D eigenvalue weighted by molar-refractivity contribution is 0.0542. The van der Waals surface area contributed by atoms with E-state index in [-0.39, 0.29) is 6.10 Å². The molecule has 0 aromatic carbocycles. The molecule has 0 N–H and O–H groups in total. The summed E-state index contributed by atoms with van der Waals surface area (Å²) in [5.74, 6) is 0.617. The summed E-state index contributed by atoms with van der Waals surface area (Å²) in [7, 11) is 0. The summed E-state index contributed by atoms with van der Waals surface area (Å²) >= 11 is 3.27. The first-order valence-corrected chi connectivity index (χ1v) is 5.35. The number of ether oxygens (including phenoxy) is 2. The number of hydrogen-bond donors (Lipinski definition) is 0. The zero-order chi connectivity index (χ0) is 10.4. The van der Waals surface area contributed by atoms with Gasteiger partial charge in [0.25, 0.3) is 0 Å². The van der Waals surface area contributed by atoms with Crippen LogP contribution in [0.25, 0.3) is 0 Å². The first kappa shape index (κ1) is 11.5. The minimum atomic E-state index is 0.245. The van der Waals surface area contributed by atoms with E-state index in [4.69, 9.17) is 9.47 Å². The molecule has 0 aliphatic carbocycles. The Hall–Kier alpha value is -0.610. The van der Waals surface area contributed by atoms with Gasteiger partial charge in [-0.2, -0.15) is 0 Å². The summed E-state index contributed by atoms with van der Waals surface area (Å²) in [6.45, 7) is 5.11. The van der Waals surface area contributed by atoms with Gasteiger partial charge in [0.05, 0.1) is 12.7 Å². The molecule has 1 rings (SSSR count). The van der Waals surface area contributed by atoms with Crippen molar-refractivity contribution in [2.75, 3.05) is 13.2 Å². The number of aromatic nitrogens is 1. The maximum absolute atomic E-state index is 5.37. The summed E-state index contributed by atoms with van der Waals surface area (Å²) in [4.78, 5) is 4.13. The Morgan fingerprint density at radius 1 is 1.36 bits per heavy atom. The van der Waals surface area contributed by atoms with Crippen molar-refractivity contribution in [3.05, 3.63) is 22.8 Å². The lowest BCUT2D eigenvalue weighted by atomic mass is 10.5. The molecule has 3 nitrogen and oxygen atoms in total. The van der Waals surface area contributed by atoms with Gasteiger partial charge in [0.2, 0.25) is 5.88 Å². The number of halogens is 1. The smallest absolute Gasteiger partial charge is 0.214 e. The maximum atomic E-state index is 5.37. The van der Waals surface area contributed by atoms with Crippen molar-refractivity contribution < 1.29 is 9.47 Å². The van der Waals surface area contributed by atoms with Crippen LogP contribution < -0.4 is 4.74 Å². The molecule has 0 radical (unpaired) electrons. The van der Waals surface area contributed by atoms with Crippen LogP contribution in [0.4, 0.5) is 0 Å². The molecule has 1 aromatic rings. The van der Waals surface area contributed by atoms with Gasteiger partial charge in [-0.1, -0.05) is 6.07 Å². The fourth-order valence-corrected chi connectivity index (χ4v) is 1.23. The van der Waals surface area contributed by atoms with Crippen molar-refractivity contribution in [1.82, 2.24) is 4.98 Å². The first-order valence-electron chi connectivity index (χ1n) is 4.55. The van der Waals surface area contributed by atoms with E-state index in [2.05, 4.69) is 20.9 Å². The van der Waals surface area contributed by atoms with Gasteiger partial charge in [0.15, 0.2) is 0 Å². The summed E-state index contributed by atoms with van der Waals surface area (Å²) in [6.07, 6.45) is 0.245. The molecule has 1 heterocycles. The molecule has 14 heavy (non-hydrogen) atoms. The van der Waals surface area contributed by atoms with Crippen LogP contribution in [-0.2, 0) is 4.74 Å². The second-order valence-corrected chi connectivity index (χ2v) is 3.88. The summed E-state index contributed by atoms with van der Waals surface area (Å²) in [6, 6.07) is 5.56. The van der Waals surface area contributed by atoms with Gasteiger partial charge in [-0.3, -0.25) is 0 Å². The van der Waals surface area contributed by atoms with E-state index in [1.807, 2.05) is 32.0 Å². The Morgan fingerprint density at radius 2 is 2.14 bits per heavy atom. The van der Waals surface area contributed by atoms with Crippen molar-refractivity contribution in [1.29, 1.82) is 0 Å². The van der Waals surface area contributed by atoms with Crippen LogP contribution in [0.5, 0.6) is 5.88 Å². The fraction of sp³-hybridized carbons (Fsp3) is 0.500. The molecular formula is C10H14BrNO2. The van der Waals surface area contributed by atoms with Gasteiger partial charge in [-0.25, -0.2) is 4.98 Å². The Kier molecular flexibility index (Phi) is 4.90. The topological polar surface area (TPSA) is 31.4 Å². The van der Waals surface area contributed by atoms with Gasteiger partial charge in [0.1, 0.15) is 11.2 Å². The minimum Gasteiger partial charge on any atom is -0.475 e. The summed E-state index contributed by atoms with van der Waals surface area (Å²) < 4.78 is 11.5. The van der Waals surface area contributed by atoms with Crippen molar-refractivity contribution in [2.45, 2.75) is 20.0 Å². The molecule has 4 heteroatoms. The van der Waals surface area contributed by atoms with Gasteiger partial charge in [-0.05, 0) is 35.8 Å². The van der Waals surface area contributed by atoms with Crippen molar-refractivity contribution >= 4 is 15.9 Å². The Labute approximate surface area is 92.6 Å². The predicted molar refractivity (Wildman–Crippen MR) is 58.5 cm³/mol. The number of hydrogen-bond acceptors (Lipinski definition) is 3. The zero-order valence-corrected chi connectivity index (χ0v) is 9.95. The van der Waals surface area contributed by atoms with Crippen molar-refractivity contribution in [3.63, 3.8) is 0 Å². The van der Waals surface area contributed by atoms with E-state index in [1.54, 1.807) is 0 Å². The fourth-order valence-electron chi connectivity index (χ4n) is 0.900. The number of rotatable bonds is 5. The largest absolute Gasteiger partial charge is 0.475 e. The summed E-state index contributed by atoms with van der Waals surface area (Å²) in [5.41, 5.74) is 0. The molecule has 0 fully saturated rings. The monoisotopic (exact) mass is 259 g/mol. The summed E-state index contributed by atoms with van der Waals surface area (Å²) in [5, 5.41) is 0. The zero-order valence-electron chi connectivity index (χ0n) is 8.37. The van der Waals surface area contributed by atoms with E-state index in [0.29, 0.717) is 19.1 Å². The maximum Gasteiger partial charge on any atom is 0.214 e. The van der Waals surface area contributed by atoms with Gasteiger partial charge in [-0.15, -0.1) is 0 Å². The highest BCUT2D eigenvalue weighted by Gasteiger charge is 1.97. The first-order chi connectivity index (χ1) is 6.68. The predicted octanol–water partition coefficient (Wildman–Crippen LogP) is 2.65. The molecule has 0 unspecified atom stereocenters. The van der Waals surface area contributed by atoms with E-state index in [9.17, 15) is 0 Å². The van der Waals surface area contributed by atoms with E-state index in [0.717, 1.165) is 4.60 Å².